The zero-order valence-corrected chi connectivity index (χ0v) is 17.9. The number of aromatic nitrogens is 2. The molecule has 5 rings (SSSR count). The Labute approximate surface area is 181 Å². The third kappa shape index (κ3) is 3.47. The van der Waals surface area contributed by atoms with Crippen LogP contribution in [-0.2, 0) is 11.3 Å². The monoisotopic (exact) mass is 467 g/mol. The Morgan fingerprint density at radius 3 is 2.77 bits per heavy atom. The normalized spacial score (nSPS) is 16.6. The molecule has 0 saturated heterocycles. The first-order valence-corrected chi connectivity index (χ1v) is 10.7. The van der Waals surface area contributed by atoms with E-state index in [1.807, 2.05) is 30.3 Å². The Morgan fingerprint density at radius 2 is 2.00 bits per heavy atom. The molecule has 0 spiro atoms. The largest absolute Gasteiger partial charge is 0.421 e. The van der Waals surface area contributed by atoms with Crippen molar-refractivity contribution in [3.63, 3.8) is 0 Å². The molecule has 152 valence electrons. The summed E-state index contributed by atoms with van der Waals surface area (Å²) >= 11 is 3.68. The predicted molar refractivity (Wildman–Crippen MR) is 115 cm³/mol. The van der Waals surface area contributed by atoms with Crippen molar-refractivity contribution < 1.29 is 13.6 Å². The molecule has 3 aromatic rings. The maximum absolute atomic E-state index is 14.1. The summed E-state index contributed by atoms with van der Waals surface area (Å²) in [5.74, 6) is 0.956. The quantitative estimate of drug-likeness (QED) is 0.501. The van der Waals surface area contributed by atoms with E-state index in [4.69, 9.17) is 4.42 Å². The number of hydrogen-bond donors (Lipinski definition) is 0. The van der Waals surface area contributed by atoms with Crippen molar-refractivity contribution in [2.24, 2.45) is 0 Å². The zero-order chi connectivity index (χ0) is 20.8. The summed E-state index contributed by atoms with van der Waals surface area (Å²) in [6, 6.07) is 12.7. The first-order valence-electron chi connectivity index (χ1n) is 9.88. The molecule has 0 atom stereocenters. The molecule has 1 aromatic heterocycles. The van der Waals surface area contributed by atoms with Crippen LogP contribution in [0.2, 0.25) is 0 Å². The summed E-state index contributed by atoms with van der Waals surface area (Å²) < 4.78 is 20.7. The Hall–Kier alpha value is -2.80. The Morgan fingerprint density at radius 1 is 1.20 bits per heavy atom. The molecule has 0 unspecified atom stereocenters. The summed E-state index contributed by atoms with van der Waals surface area (Å²) in [4.78, 5) is 15.0. The number of anilines is 1. The number of para-hydroxylation sites is 1. The molecular weight excluding hydrogens is 449 g/mol. The van der Waals surface area contributed by atoms with Gasteiger partial charge >= 0.3 is 0 Å². The average molecular weight is 468 g/mol. The van der Waals surface area contributed by atoms with Crippen LogP contribution in [0.4, 0.5) is 10.1 Å². The molecule has 2 heterocycles. The number of carbonyl (C=O) groups is 1. The maximum atomic E-state index is 14.1. The molecule has 7 heteroatoms. The highest BCUT2D eigenvalue weighted by atomic mass is 79.9. The lowest BCUT2D eigenvalue weighted by Gasteiger charge is -2.23. The third-order valence-corrected chi connectivity index (χ3v) is 6.43. The van der Waals surface area contributed by atoms with Crippen molar-refractivity contribution in [3.8, 4) is 0 Å². The molecule has 0 bridgehead atoms. The number of fused-ring (bicyclic) bond motifs is 1. The van der Waals surface area contributed by atoms with E-state index < -0.39 is 0 Å². The van der Waals surface area contributed by atoms with E-state index in [-0.39, 0.29) is 24.7 Å². The second-order valence-corrected chi connectivity index (χ2v) is 8.56. The molecule has 1 fully saturated rings. The SMILES string of the molecule is Cc1ccc(CN2C(=O)CC(c3nnc(C4CC4)o3)=C(Br)c3ccccc32)cc1F. The number of rotatable bonds is 4. The zero-order valence-electron chi connectivity index (χ0n) is 16.4. The van der Waals surface area contributed by atoms with Crippen LogP contribution in [0.15, 0.2) is 46.9 Å². The molecular formula is C23H19BrFN3O2. The number of benzene rings is 2. The van der Waals surface area contributed by atoms with E-state index in [1.165, 1.54) is 6.07 Å². The van der Waals surface area contributed by atoms with Gasteiger partial charge in [-0.25, -0.2) is 4.39 Å². The number of aryl methyl sites for hydroxylation is 1. The second-order valence-electron chi connectivity index (χ2n) is 7.77. The Bertz CT molecular complexity index is 1180. The van der Waals surface area contributed by atoms with Crippen LogP contribution >= 0.6 is 15.9 Å². The minimum absolute atomic E-state index is 0.107. The summed E-state index contributed by atoms with van der Waals surface area (Å²) in [5, 5.41) is 8.37. The molecule has 1 amide bonds. The number of carbonyl (C=O) groups excluding carboxylic acids is 1. The predicted octanol–water partition coefficient (Wildman–Crippen LogP) is 5.59. The van der Waals surface area contributed by atoms with Crippen LogP contribution in [0, 0.1) is 12.7 Å². The topological polar surface area (TPSA) is 59.2 Å². The van der Waals surface area contributed by atoms with Crippen LogP contribution in [0.5, 0.6) is 0 Å². The first kappa shape index (κ1) is 19.2. The van der Waals surface area contributed by atoms with Gasteiger partial charge < -0.3 is 9.32 Å². The van der Waals surface area contributed by atoms with Gasteiger partial charge in [-0.2, -0.15) is 0 Å². The molecule has 0 radical (unpaired) electrons. The van der Waals surface area contributed by atoms with E-state index in [2.05, 4.69) is 26.1 Å². The van der Waals surface area contributed by atoms with E-state index in [0.29, 0.717) is 28.8 Å². The minimum atomic E-state index is -0.276. The van der Waals surface area contributed by atoms with Crippen LogP contribution < -0.4 is 4.90 Å². The van der Waals surface area contributed by atoms with Gasteiger partial charge in [0.15, 0.2) is 0 Å². The van der Waals surface area contributed by atoms with E-state index in [1.54, 1.807) is 17.9 Å². The smallest absolute Gasteiger partial charge is 0.245 e. The van der Waals surface area contributed by atoms with E-state index >= 15 is 0 Å². The van der Waals surface area contributed by atoms with Crippen molar-refractivity contribution in [1.29, 1.82) is 0 Å². The summed E-state index contributed by atoms with van der Waals surface area (Å²) in [7, 11) is 0. The van der Waals surface area contributed by atoms with Crippen LogP contribution in [-0.4, -0.2) is 16.1 Å². The fourth-order valence-electron chi connectivity index (χ4n) is 3.63. The molecule has 1 saturated carbocycles. The third-order valence-electron chi connectivity index (χ3n) is 5.53. The number of amides is 1. The Kier molecular flexibility index (Phi) is 4.77. The molecule has 2 aliphatic rings. The highest BCUT2D eigenvalue weighted by Gasteiger charge is 2.33. The second kappa shape index (κ2) is 7.47. The lowest BCUT2D eigenvalue weighted by Crippen LogP contribution is -2.30. The summed E-state index contributed by atoms with van der Waals surface area (Å²) in [6.45, 7) is 2.00. The van der Waals surface area contributed by atoms with Gasteiger partial charge in [0.2, 0.25) is 17.7 Å². The van der Waals surface area contributed by atoms with Crippen molar-refractivity contribution in [2.45, 2.75) is 38.6 Å². The van der Waals surface area contributed by atoms with Gasteiger partial charge in [0.05, 0.1) is 18.7 Å². The van der Waals surface area contributed by atoms with Crippen molar-refractivity contribution >= 4 is 37.6 Å². The highest BCUT2D eigenvalue weighted by molar-refractivity contribution is 9.15. The molecule has 0 N–H and O–H groups in total. The lowest BCUT2D eigenvalue weighted by molar-refractivity contribution is -0.117. The molecule has 1 aliphatic carbocycles. The molecule has 1 aliphatic heterocycles. The average Bonchev–Trinajstić information content (AvgIpc) is 3.50. The number of hydrogen-bond acceptors (Lipinski definition) is 4. The van der Waals surface area contributed by atoms with Crippen LogP contribution in [0.1, 0.15) is 53.7 Å². The van der Waals surface area contributed by atoms with Gasteiger partial charge in [0.1, 0.15) is 5.82 Å². The molecule has 30 heavy (non-hydrogen) atoms. The van der Waals surface area contributed by atoms with Gasteiger partial charge in [0.25, 0.3) is 0 Å². The van der Waals surface area contributed by atoms with Gasteiger partial charge in [-0.15, -0.1) is 10.2 Å². The van der Waals surface area contributed by atoms with Gasteiger partial charge in [-0.3, -0.25) is 4.79 Å². The van der Waals surface area contributed by atoms with Gasteiger partial charge in [0, 0.05) is 21.5 Å². The molecule has 2 aromatic carbocycles. The number of halogens is 2. The standard InChI is InChI=1S/C23H19BrFN3O2/c1-13-6-7-14(10-18(13)25)12-28-19-5-3-2-4-16(19)21(24)17(11-20(28)29)23-27-26-22(30-23)15-8-9-15/h2-7,10,15H,8-9,11-12H2,1H3. The van der Waals surface area contributed by atoms with Crippen LogP contribution in [0.25, 0.3) is 10.1 Å². The Balaban J connectivity index is 1.54. The highest BCUT2D eigenvalue weighted by Crippen LogP contribution is 2.44. The fraction of sp³-hybridized carbons (Fsp3) is 0.261. The van der Waals surface area contributed by atoms with Gasteiger partial charge in [-0.1, -0.05) is 30.3 Å². The van der Waals surface area contributed by atoms with Crippen molar-refractivity contribution in [1.82, 2.24) is 10.2 Å². The van der Waals surface area contributed by atoms with Crippen LogP contribution in [0.3, 0.4) is 0 Å². The van der Waals surface area contributed by atoms with E-state index in [9.17, 15) is 9.18 Å². The maximum Gasteiger partial charge on any atom is 0.245 e. The fourth-order valence-corrected chi connectivity index (χ4v) is 4.27. The molecule has 5 nitrogen and oxygen atoms in total. The van der Waals surface area contributed by atoms with Gasteiger partial charge in [-0.05, 0) is 59.0 Å². The first-order chi connectivity index (χ1) is 14.5. The number of nitrogens with zero attached hydrogens (tertiary/aromatic N) is 3. The summed E-state index contributed by atoms with van der Waals surface area (Å²) in [6.07, 6.45) is 2.23. The summed E-state index contributed by atoms with van der Waals surface area (Å²) in [5.41, 5.74) is 3.60. The lowest BCUT2D eigenvalue weighted by atomic mass is 10.1. The minimum Gasteiger partial charge on any atom is -0.421 e. The van der Waals surface area contributed by atoms with E-state index in [0.717, 1.165) is 34.1 Å². The van der Waals surface area contributed by atoms with Crippen molar-refractivity contribution in [2.75, 3.05) is 4.90 Å². The van der Waals surface area contributed by atoms with Crippen molar-refractivity contribution in [3.05, 3.63) is 76.8 Å².